The van der Waals surface area contributed by atoms with Gasteiger partial charge in [0.05, 0.1) is 11.8 Å². The largest absolute Gasteiger partial charge is 0.445 e. The van der Waals surface area contributed by atoms with Crippen LogP contribution >= 0.6 is 24.2 Å². The molecule has 2 aromatic rings. The van der Waals surface area contributed by atoms with Gasteiger partial charge in [-0.1, -0.05) is 23.9 Å². The summed E-state index contributed by atoms with van der Waals surface area (Å²) in [5, 5.41) is 25.6. The van der Waals surface area contributed by atoms with E-state index in [0.29, 0.717) is 31.4 Å². The summed E-state index contributed by atoms with van der Waals surface area (Å²) >= 11 is 5.22. The number of hydrogen-bond acceptors (Lipinski definition) is 8. The maximum atomic E-state index is 13.5. The van der Waals surface area contributed by atoms with Crippen LogP contribution in [0.25, 0.3) is 0 Å². The van der Waals surface area contributed by atoms with Gasteiger partial charge in [0.25, 0.3) is 0 Å². The maximum Gasteiger partial charge on any atom is 0.352 e. The molecule has 0 amide bonds. The predicted molar refractivity (Wildman–Crippen MR) is 159 cm³/mol. The summed E-state index contributed by atoms with van der Waals surface area (Å²) in [5.41, 5.74) is 1.78. The van der Waals surface area contributed by atoms with Crippen LogP contribution in [-0.2, 0) is 9.53 Å². The van der Waals surface area contributed by atoms with Crippen molar-refractivity contribution in [3.8, 4) is 0 Å². The summed E-state index contributed by atoms with van der Waals surface area (Å²) < 4.78 is 23.4. The van der Waals surface area contributed by atoms with Crippen molar-refractivity contribution in [2.45, 2.75) is 71.0 Å². The molecule has 0 aliphatic heterocycles. The van der Waals surface area contributed by atoms with Crippen LogP contribution in [0.3, 0.4) is 0 Å². The van der Waals surface area contributed by atoms with Gasteiger partial charge in [-0.25, -0.2) is 9.18 Å². The van der Waals surface area contributed by atoms with Crippen molar-refractivity contribution in [2.24, 2.45) is 28.6 Å². The number of hydrogen-bond donors (Lipinski definition) is 4. The standard InChI is InChI=1S/C31H35FN4O4S2/c1-16-26(42-36-35-16)27(38)40-31(28(39)41)11-10-22-21-9-4-18-12-23(34-20-7-5-19(32)6-8-20)17(15-33)13-29(18,2)25(21)24(37)14-30(22,31)3/h5-8,12,15,21-22,24-25,33-34,37H,4,9-11,13-14H2,1-3H3,(H,39,41)/p+1/t21-,22?,24-,25?,29-,30-,31-/m0/s1. The average molecular weight is 612 g/mol. The molecule has 4 aliphatic carbocycles. The van der Waals surface area contributed by atoms with Gasteiger partial charge in [0.2, 0.25) is 5.12 Å². The fraction of sp³-hybridized carbons (Fsp3) is 0.516. The molecule has 7 atom stereocenters. The van der Waals surface area contributed by atoms with E-state index in [1.807, 2.05) is 12.2 Å². The number of rotatable bonds is 6. The second-order valence-electron chi connectivity index (χ2n) is 12.9. The molecule has 4 aliphatic rings. The number of halogens is 1. The van der Waals surface area contributed by atoms with E-state index in [9.17, 15) is 19.1 Å². The third-order valence-electron chi connectivity index (χ3n) is 10.9. The number of aliphatic hydroxyl groups is 1. The fourth-order valence-electron chi connectivity index (χ4n) is 8.90. The lowest BCUT2D eigenvalue weighted by atomic mass is 9.45. The van der Waals surface area contributed by atoms with E-state index in [1.54, 1.807) is 19.1 Å². The number of nitrogens with one attached hydrogen (secondary N) is 1. The Hall–Kier alpha value is -2.73. The zero-order valence-corrected chi connectivity index (χ0v) is 25.6. The SMILES string of the molecule is Cc1nnsc1C(=O)O[C@]1(C(=O)S)CCC2[C@@H]3CCC4=CC([NH2+]c5ccc(F)cc5)=C(C=N)C[C@]4(C)C3[C@@H](O)C[C@@]21C. The van der Waals surface area contributed by atoms with Gasteiger partial charge in [0, 0.05) is 29.3 Å². The highest BCUT2D eigenvalue weighted by Crippen LogP contribution is 2.68. The lowest BCUT2D eigenvalue weighted by molar-refractivity contribution is -0.513. The number of carbonyl (C=O) groups is 2. The van der Waals surface area contributed by atoms with E-state index < -0.39 is 28.2 Å². The van der Waals surface area contributed by atoms with Crippen molar-refractivity contribution in [3.05, 3.63) is 63.6 Å². The number of aliphatic hydroxyl groups excluding tert-OH is 1. The highest BCUT2D eigenvalue weighted by molar-refractivity contribution is 7.96. The highest BCUT2D eigenvalue weighted by Gasteiger charge is 2.70. The van der Waals surface area contributed by atoms with Crippen LogP contribution in [-0.4, -0.2) is 43.7 Å². The summed E-state index contributed by atoms with van der Waals surface area (Å²) in [6.45, 7) is 5.86. The van der Waals surface area contributed by atoms with Gasteiger partial charge in [0.15, 0.2) is 10.5 Å². The first-order valence-corrected chi connectivity index (χ1v) is 15.6. The van der Waals surface area contributed by atoms with Crippen molar-refractivity contribution in [1.29, 1.82) is 5.41 Å². The van der Waals surface area contributed by atoms with E-state index in [-0.39, 0.29) is 33.9 Å². The number of thiol groups is 1. The van der Waals surface area contributed by atoms with Crippen LogP contribution in [0.2, 0.25) is 0 Å². The Morgan fingerprint density at radius 3 is 2.64 bits per heavy atom. The Balaban J connectivity index is 1.31. The van der Waals surface area contributed by atoms with Gasteiger partial charge < -0.3 is 15.3 Å². The summed E-state index contributed by atoms with van der Waals surface area (Å²) in [7, 11) is 0. The third kappa shape index (κ3) is 4.34. The number of carbonyl (C=O) groups excluding carboxylic acids is 2. The summed E-state index contributed by atoms with van der Waals surface area (Å²) in [5.74, 6) is -0.834. The van der Waals surface area contributed by atoms with Gasteiger partial charge in [-0.05, 0) is 98.4 Å². The molecule has 3 fully saturated rings. The monoisotopic (exact) mass is 611 g/mol. The lowest BCUT2D eigenvalue weighted by Crippen LogP contribution is -2.76. The molecular formula is C31H36FN4O4S2+. The lowest BCUT2D eigenvalue weighted by Gasteiger charge is -2.60. The molecule has 11 heteroatoms. The summed E-state index contributed by atoms with van der Waals surface area (Å²) in [6.07, 6.45) is 6.45. The number of fused-ring (bicyclic) bond motifs is 5. The number of aromatic nitrogens is 2. The normalized spacial score (nSPS) is 35.5. The molecule has 1 aromatic carbocycles. The molecule has 0 spiro atoms. The van der Waals surface area contributed by atoms with Crippen LogP contribution in [0, 0.1) is 46.7 Å². The minimum absolute atomic E-state index is 0.0495. The highest BCUT2D eigenvalue weighted by atomic mass is 32.1. The van der Waals surface area contributed by atoms with Crippen molar-refractivity contribution in [1.82, 2.24) is 9.59 Å². The quantitative estimate of drug-likeness (QED) is 0.163. The smallest absolute Gasteiger partial charge is 0.352 e. The molecule has 4 N–H and O–H groups in total. The van der Waals surface area contributed by atoms with Gasteiger partial charge in [-0.15, -0.1) is 17.7 Å². The number of nitrogens with two attached hydrogens (primary N) is 1. The Bertz CT molecular complexity index is 1520. The Morgan fingerprint density at radius 1 is 1.26 bits per heavy atom. The maximum absolute atomic E-state index is 13.5. The minimum Gasteiger partial charge on any atom is -0.445 e. The van der Waals surface area contributed by atoms with Crippen molar-refractivity contribution in [2.75, 3.05) is 0 Å². The number of quaternary nitrogens is 1. The molecule has 8 nitrogen and oxygen atoms in total. The van der Waals surface area contributed by atoms with Crippen molar-refractivity contribution >= 4 is 47.1 Å². The zero-order chi connectivity index (χ0) is 30.0. The number of nitrogens with zero attached hydrogens (tertiary/aromatic N) is 2. The van der Waals surface area contributed by atoms with Gasteiger partial charge in [-0.2, -0.15) is 0 Å². The average Bonchev–Trinajstić information content (AvgIpc) is 3.50. The van der Waals surface area contributed by atoms with Crippen LogP contribution in [0.1, 0.15) is 67.7 Å². The van der Waals surface area contributed by atoms with Gasteiger partial charge in [0.1, 0.15) is 17.2 Å². The second kappa shape index (κ2) is 10.5. The number of benzene rings is 1. The number of allylic oxidation sites excluding steroid dienone is 3. The molecule has 3 saturated carbocycles. The van der Waals surface area contributed by atoms with Gasteiger partial charge in [-0.3, -0.25) is 10.1 Å². The molecule has 0 saturated heterocycles. The first kappa shape index (κ1) is 29.3. The number of esters is 1. The summed E-state index contributed by atoms with van der Waals surface area (Å²) in [4.78, 5) is 26.8. The molecule has 1 aromatic heterocycles. The molecule has 42 heavy (non-hydrogen) atoms. The first-order chi connectivity index (χ1) is 19.9. The third-order valence-corrected chi connectivity index (χ3v) is 12.0. The van der Waals surface area contributed by atoms with Crippen molar-refractivity contribution in [3.63, 3.8) is 0 Å². The first-order valence-electron chi connectivity index (χ1n) is 14.4. The van der Waals surface area contributed by atoms with E-state index in [0.717, 1.165) is 41.3 Å². The van der Waals surface area contributed by atoms with Crippen LogP contribution in [0.5, 0.6) is 0 Å². The molecule has 0 bridgehead atoms. The zero-order valence-electron chi connectivity index (χ0n) is 23.9. The van der Waals surface area contributed by atoms with Gasteiger partial charge >= 0.3 is 5.97 Å². The minimum atomic E-state index is -1.46. The molecule has 222 valence electrons. The molecule has 1 heterocycles. The second-order valence-corrected chi connectivity index (χ2v) is 14.0. The fourth-order valence-corrected chi connectivity index (χ4v) is 9.85. The summed E-state index contributed by atoms with van der Waals surface area (Å²) in [6, 6.07) is 6.32. The Labute approximate surface area is 253 Å². The van der Waals surface area contributed by atoms with Crippen LogP contribution in [0.15, 0.2) is 47.2 Å². The van der Waals surface area contributed by atoms with E-state index in [2.05, 4.69) is 35.2 Å². The topological polar surface area (TPSA) is 130 Å². The Kier molecular flexibility index (Phi) is 7.31. The number of ether oxygens (including phenoxy) is 1. The van der Waals surface area contributed by atoms with E-state index in [1.165, 1.54) is 23.9 Å². The number of aryl methyl sites for hydroxylation is 1. The van der Waals surface area contributed by atoms with Crippen LogP contribution < -0.4 is 5.32 Å². The predicted octanol–water partition coefficient (Wildman–Crippen LogP) is 4.68. The Morgan fingerprint density at radius 2 is 2.00 bits per heavy atom. The molecule has 0 radical (unpaired) electrons. The van der Waals surface area contributed by atoms with Crippen LogP contribution in [0.4, 0.5) is 10.1 Å². The molecular weight excluding hydrogens is 575 g/mol. The molecule has 2 unspecified atom stereocenters. The van der Waals surface area contributed by atoms with E-state index in [4.69, 9.17) is 10.1 Å². The molecule has 6 rings (SSSR count). The van der Waals surface area contributed by atoms with E-state index >= 15 is 0 Å². The van der Waals surface area contributed by atoms with Crippen molar-refractivity contribution < 1.29 is 29.1 Å².